The fourth-order valence-corrected chi connectivity index (χ4v) is 1.20. The maximum absolute atomic E-state index is 12.0. The van der Waals surface area contributed by atoms with E-state index in [4.69, 9.17) is 16.7 Å². The third-order valence-corrected chi connectivity index (χ3v) is 2.12. The van der Waals surface area contributed by atoms with E-state index in [1.807, 2.05) is 0 Å². The molecule has 1 aromatic carbocycles. The summed E-state index contributed by atoms with van der Waals surface area (Å²) in [6.07, 6.45) is -7.47. The topological polar surface area (TPSA) is 20.2 Å². The molecule has 0 aromatic heterocycles. The SMILES string of the molecule is O[C@H](Cc1ccccc1Cl)C(F)(F)F. The Balaban J connectivity index is 2.75. The van der Waals surface area contributed by atoms with Crippen molar-refractivity contribution in [2.75, 3.05) is 0 Å². The number of alkyl halides is 3. The van der Waals surface area contributed by atoms with Gasteiger partial charge < -0.3 is 5.11 Å². The van der Waals surface area contributed by atoms with Gasteiger partial charge in [0.25, 0.3) is 0 Å². The van der Waals surface area contributed by atoms with Gasteiger partial charge in [-0.05, 0) is 11.6 Å². The molecule has 1 aromatic rings. The van der Waals surface area contributed by atoms with Gasteiger partial charge in [0, 0.05) is 11.4 Å². The Morgan fingerprint density at radius 1 is 1.29 bits per heavy atom. The summed E-state index contributed by atoms with van der Waals surface area (Å²) in [6.45, 7) is 0. The molecule has 0 saturated carbocycles. The number of hydrogen-bond donors (Lipinski definition) is 1. The van der Waals surface area contributed by atoms with Gasteiger partial charge in [-0.3, -0.25) is 0 Å². The largest absolute Gasteiger partial charge is 0.414 e. The zero-order valence-electron chi connectivity index (χ0n) is 7.05. The van der Waals surface area contributed by atoms with Crippen LogP contribution in [-0.4, -0.2) is 17.4 Å². The van der Waals surface area contributed by atoms with Gasteiger partial charge in [0.05, 0.1) is 0 Å². The van der Waals surface area contributed by atoms with Crippen molar-refractivity contribution in [2.45, 2.75) is 18.7 Å². The third kappa shape index (κ3) is 2.89. The van der Waals surface area contributed by atoms with E-state index in [0.717, 1.165) is 0 Å². The highest BCUT2D eigenvalue weighted by molar-refractivity contribution is 6.31. The molecule has 0 fully saturated rings. The first-order chi connectivity index (χ1) is 6.41. The van der Waals surface area contributed by atoms with Crippen molar-refractivity contribution in [2.24, 2.45) is 0 Å². The molecule has 0 saturated heterocycles. The van der Waals surface area contributed by atoms with E-state index in [9.17, 15) is 13.2 Å². The van der Waals surface area contributed by atoms with Crippen molar-refractivity contribution in [3.05, 3.63) is 34.9 Å². The highest BCUT2D eigenvalue weighted by Gasteiger charge is 2.38. The molecule has 0 heterocycles. The standard InChI is InChI=1S/C9H8ClF3O/c10-7-4-2-1-3-6(7)5-8(14)9(11,12)13/h1-4,8,14H,5H2/t8-/m1/s1. The minimum absolute atomic E-state index is 0.232. The van der Waals surface area contributed by atoms with Gasteiger partial charge in [0.1, 0.15) is 0 Å². The quantitative estimate of drug-likeness (QED) is 0.819. The monoisotopic (exact) mass is 224 g/mol. The molecule has 14 heavy (non-hydrogen) atoms. The second kappa shape index (κ2) is 4.19. The minimum atomic E-state index is -4.60. The first-order valence-corrected chi connectivity index (χ1v) is 4.27. The van der Waals surface area contributed by atoms with Gasteiger partial charge in [0.2, 0.25) is 0 Å². The van der Waals surface area contributed by atoms with E-state index < -0.39 is 18.7 Å². The van der Waals surface area contributed by atoms with Crippen LogP contribution in [-0.2, 0) is 6.42 Å². The highest BCUT2D eigenvalue weighted by atomic mass is 35.5. The summed E-state index contributed by atoms with van der Waals surface area (Å²) < 4.78 is 35.9. The van der Waals surface area contributed by atoms with Crippen LogP contribution in [0.15, 0.2) is 24.3 Å². The van der Waals surface area contributed by atoms with Crippen LogP contribution in [0.3, 0.4) is 0 Å². The normalized spacial score (nSPS) is 14.1. The van der Waals surface area contributed by atoms with Crippen LogP contribution in [0.2, 0.25) is 5.02 Å². The van der Waals surface area contributed by atoms with E-state index in [1.54, 1.807) is 12.1 Å². The van der Waals surface area contributed by atoms with Gasteiger partial charge in [0.15, 0.2) is 6.10 Å². The van der Waals surface area contributed by atoms with Crippen molar-refractivity contribution in [1.82, 2.24) is 0 Å². The van der Waals surface area contributed by atoms with Crippen molar-refractivity contribution in [3.8, 4) is 0 Å². The van der Waals surface area contributed by atoms with Crippen LogP contribution in [0.25, 0.3) is 0 Å². The van der Waals surface area contributed by atoms with Crippen molar-refractivity contribution in [3.63, 3.8) is 0 Å². The Hall–Kier alpha value is -0.740. The molecule has 1 nitrogen and oxygen atoms in total. The molecule has 1 rings (SSSR count). The molecule has 0 spiro atoms. The minimum Gasteiger partial charge on any atom is -0.383 e. The van der Waals surface area contributed by atoms with Crippen LogP contribution in [0.4, 0.5) is 13.2 Å². The summed E-state index contributed by atoms with van der Waals surface area (Å²) in [5, 5.41) is 9.01. The average molecular weight is 225 g/mol. The molecule has 0 amide bonds. The molecular formula is C9H8ClF3O. The van der Waals surface area contributed by atoms with Crippen LogP contribution in [0.5, 0.6) is 0 Å². The summed E-state index contributed by atoms with van der Waals surface area (Å²) in [4.78, 5) is 0. The molecule has 0 unspecified atom stereocenters. The predicted molar refractivity (Wildman–Crippen MR) is 47.2 cm³/mol. The second-order valence-corrected chi connectivity index (χ2v) is 3.26. The number of halogens is 4. The molecule has 0 aliphatic rings. The number of aliphatic hydroxyl groups excluding tert-OH is 1. The Bertz CT molecular complexity index is 311. The fraction of sp³-hybridized carbons (Fsp3) is 0.333. The lowest BCUT2D eigenvalue weighted by atomic mass is 10.1. The lowest BCUT2D eigenvalue weighted by molar-refractivity contribution is -0.203. The first-order valence-electron chi connectivity index (χ1n) is 3.89. The Morgan fingerprint density at radius 3 is 2.36 bits per heavy atom. The number of rotatable bonds is 2. The van der Waals surface area contributed by atoms with Crippen molar-refractivity contribution in [1.29, 1.82) is 0 Å². The number of benzene rings is 1. The molecule has 0 aliphatic carbocycles. The van der Waals surface area contributed by atoms with Crippen LogP contribution in [0, 0.1) is 0 Å². The molecular weight excluding hydrogens is 217 g/mol. The Labute approximate surface area is 84.1 Å². The second-order valence-electron chi connectivity index (χ2n) is 2.85. The van der Waals surface area contributed by atoms with Crippen LogP contribution < -0.4 is 0 Å². The molecule has 0 bridgehead atoms. The summed E-state index contributed by atoms with van der Waals surface area (Å²) in [7, 11) is 0. The van der Waals surface area contributed by atoms with Gasteiger partial charge in [-0.2, -0.15) is 13.2 Å². The summed E-state index contributed by atoms with van der Waals surface area (Å²) >= 11 is 5.64. The van der Waals surface area contributed by atoms with E-state index in [-0.39, 0.29) is 5.02 Å². The molecule has 78 valence electrons. The van der Waals surface area contributed by atoms with Crippen LogP contribution >= 0.6 is 11.6 Å². The lowest BCUT2D eigenvalue weighted by Gasteiger charge is -2.14. The van der Waals surface area contributed by atoms with Gasteiger partial charge in [-0.25, -0.2) is 0 Å². The highest BCUT2D eigenvalue weighted by Crippen LogP contribution is 2.25. The molecule has 0 radical (unpaired) electrons. The summed E-state index contributed by atoms with van der Waals surface area (Å²) in [5.41, 5.74) is 0.291. The van der Waals surface area contributed by atoms with Gasteiger partial charge >= 0.3 is 6.18 Å². The van der Waals surface area contributed by atoms with Gasteiger partial charge in [-0.15, -0.1) is 0 Å². The predicted octanol–water partition coefficient (Wildman–Crippen LogP) is 2.81. The zero-order valence-corrected chi connectivity index (χ0v) is 7.81. The number of aliphatic hydroxyl groups is 1. The molecule has 1 N–H and O–H groups in total. The fourth-order valence-electron chi connectivity index (χ4n) is 0.988. The van der Waals surface area contributed by atoms with E-state index in [1.165, 1.54) is 12.1 Å². The van der Waals surface area contributed by atoms with E-state index in [2.05, 4.69) is 0 Å². The average Bonchev–Trinajstić information content (AvgIpc) is 2.07. The van der Waals surface area contributed by atoms with E-state index in [0.29, 0.717) is 5.56 Å². The van der Waals surface area contributed by atoms with Crippen molar-refractivity contribution < 1.29 is 18.3 Å². The van der Waals surface area contributed by atoms with Gasteiger partial charge in [-0.1, -0.05) is 29.8 Å². The lowest BCUT2D eigenvalue weighted by Crippen LogP contribution is -2.30. The third-order valence-electron chi connectivity index (χ3n) is 1.75. The van der Waals surface area contributed by atoms with Crippen molar-refractivity contribution >= 4 is 11.6 Å². The molecule has 1 atom stereocenters. The van der Waals surface area contributed by atoms with E-state index >= 15 is 0 Å². The Kier molecular flexibility index (Phi) is 3.39. The molecule has 0 aliphatic heterocycles. The maximum Gasteiger partial charge on any atom is 0.414 e. The van der Waals surface area contributed by atoms with Crippen LogP contribution in [0.1, 0.15) is 5.56 Å². The zero-order chi connectivity index (χ0) is 10.8. The first kappa shape index (κ1) is 11.3. The summed E-state index contributed by atoms with van der Waals surface area (Å²) in [5.74, 6) is 0. The smallest absolute Gasteiger partial charge is 0.383 e. The maximum atomic E-state index is 12.0. The number of hydrogen-bond acceptors (Lipinski definition) is 1. The molecule has 5 heteroatoms. The Morgan fingerprint density at radius 2 is 1.86 bits per heavy atom. The summed E-state index contributed by atoms with van der Waals surface area (Å²) in [6, 6.07) is 6.13.